The number of carbonyl (C=O) groups excluding carboxylic acids is 2. The van der Waals surface area contributed by atoms with Crippen molar-refractivity contribution in [2.24, 2.45) is 0 Å². The number of amides is 1. The van der Waals surface area contributed by atoms with Gasteiger partial charge in [-0.05, 0) is 27.2 Å². The second kappa shape index (κ2) is 5.93. The Morgan fingerprint density at radius 2 is 2.06 bits per heavy atom. The first-order chi connectivity index (χ1) is 8.23. The van der Waals surface area contributed by atoms with Gasteiger partial charge in [0.25, 0.3) is 0 Å². The Hall–Kier alpha value is -0.750. The van der Waals surface area contributed by atoms with Gasteiger partial charge in [0.2, 0.25) is 0 Å². The largest absolute Gasteiger partial charge is 0.444 e. The third kappa shape index (κ3) is 4.49. The molecule has 1 fully saturated rings. The van der Waals surface area contributed by atoms with Crippen LogP contribution in [0.3, 0.4) is 0 Å². The molecule has 1 N–H and O–H groups in total. The minimum atomic E-state index is -0.553. The van der Waals surface area contributed by atoms with Crippen molar-refractivity contribution in [3.8, 4) is 0 Å². The summed E-state index contributed by atoms with van der Waals surface area (Å²) in [6, 6.07) is -0.253. The van der Waals surface area contributed by atoms with Crippen molar-refractivity contribution in [2.75, 3.05) is 13.2 Å². The molecule has 0 bridgehead atoms. The molecule has 0 spiro atoms. The van der Waals surface area contributed by atoms with E-state index in [9.17, 15) is 14.7 Å². The van der Waals surface area contributed by atoms with Crippen molar-refractivity contribution in [2.45, 2.75) is 51.0 Å². The molecular weight excluding hydrogens is 254 g/mol. The predicted molar refractivity (Wildman–Crippen MR) is 70.5 cm³/mol. The van der Waals surface area contributed by atoms with Gasteiger partial charge >= 0.3 is 6.09 Å². The summed E-state index contributed by atoms with van der Waals surface area (Å²) in [7, 11) is 0. The van der Waals surface area contributed by atoms with Crippen LogP contribution in [-0.4, -0.2) is 51.3 Å². The van der Waals surface area contributed by atoms with Crippen molar-refractivity contribution in [3.05, 3.63) is 0 Å². The van der Waals surface area contributed by atoms with E-state index in [2.05, 4.69) is 0 Å². The Kier molecular flexibility index (Phi) is 5.04. The Morgan fingerprint density at radius 1 is 1.44 bits per heavy atom. The molecular formula is C12H21NO4S. The molecule has 0 unspecified atom stereocenters. The summed E-state index contributed by atoms with van der Waals surface area (Å²) in [6.45, 7) is 7.26. The number of hydrogen-bond acceptors (Lipinski definition) is 5. The van der Waals surface area contributed by atoms with Crippen LogP contribution < -0.4 is 0 Å². The van der Waals surface area contributed by atoms with E-state index in [1.807, 2.05) is 0 Å². The lowest BCUT2D eigenvalue weighted by Gasteiger charge is -2.27. The van der Waals surface area contributed by atoms with Crippen LogP contribution in [0.15, 0.2) is 0 Å². The van der Waals surface area contributed by atoms with Crippen LogP contribution in [0.25, 0.3) is 0 Å². The molecule has 0 aliphatic carbocycles. The smallest absolute Gasteiger partial charge is 0.410 e. The van der Waals surface area contributed by atoms with Gasteiger partial charge in [0.15, 0.2) is 5.12 Å². The predicted octanol–water partition coefficient (Wildman–Crippen LogP) is 1.64. The number of hydrogen-bond donors (Lipinski definition) is 1. The molecule has 2 atom stereocenters. The van der Waals surface area contributed by atoms with Crippen LogP contribution in [0.4, 0.5) is 4.79 Å². The minimum Gasteiger partial charge on any atom is -0.444 e. The summed E-state index contributed by atoms with van der Waals surface area (Å²) in [5, 5.41) is 9.37. The highest BCUT2D eigenvalue weighted by Gasteiger charge is 2.37. The minimum absolute atomic E-state index is 0.0303. The van der Waals surface area contributed by atoms with E-state index in [1.165, 1.54) is 23.6 Å². The van der Waals surface area contributed by atoms with Crippen LogP contribution in [0.1, 0.15) is 34.1 Å². The second-order valence-corrected chi connectivity index (χ2v) is 6.91. The number of thioether (sulfide) groups is 1. The molecule has 18 heavy (non-hydrogen) atoms. The monoisotopic (exact) mass is 275 g/mol. The van der Waals surface area contributed by atoms with E-state index in [0.29, 0.717) is 13.0 Å². The second-order valence-electron chi connectivity index (χ2n) is 5.44. The van der Waals surface area contributed by atoms with Gasteiger partial charge in [0, 0.05) is 18.7 Å². The fourth-order valence-corrected chi connectivity index (χ4v) is 2.93. The summed E-state index contributed by atoms with van der Waals surface area (Å²) in [5.74, 6) is 0. The lowest BCUT2D eigenvalue weighted by molar-refractivity contribution is -0.109. The highest BCUT2D eigenvalue weighted by molar-refractivity contribution is 8.14. The van der Waals surface area contributed by atoms with Gasteiger partial charge in [0.05, 0.1) is 12.6 Å². The molecule has 0 radical (unpaired) electrons. The first kappa shape index (κ1) is 15.3. The maximum absolute atomic E-state index is 12.0. The Bertz CT molecular complexity index is 327. The summed E-state index contributed by atoms with van der Waals surface area (Å²) >= 11 is 1.22. The zero-order valence-corrected chi connectivity index (χ0v) is 12.1. The molecule has 0 aromatic carbocycles. The number of likely N-dealkylation sites (tertiary alicyclic amines) is 1. The van der Waals surface area contributed by atoms with Crippen molar-refractivity contribution in [1.82, 2.24) is 4.90 Å². The summed E-state index contributed by atoms with van der Waals surface area (Å²) in [5.41, 5.74) is -0.553. The number of ether oxygens (including phenoxy) is 1. The Labute approximate surface area is 112 Å². The molecule has 0 saturated carbocycles. The summed E-state index contributed by atoms with van der Waals surface area (Å²) in [4.78, 5) is 24.5. The van der Waals surface area contributed by atoms with Crippen molar-refractivity contribution in [1.29, 1.82) is 0 Å². The van der Waals surface area contributed by atoms with Gasteiger partial charge in [0.1, 0.15) is 5.60 Å². The van der Waals surface area contributed by atoms with Crippen LogP contribution in [0.2, 0.25) is 0 Å². The van der Waals surface area contributed by atoms with Gasteiger partial charge in [-0.25, -0.2) is 4.79 Å². The molecule has 1 amide bonds. The van der Waals surface area contributed by atoms with Gasteiger partial charge in [-0.2, -0.15) is 0 Å². The van der Waals surface area contributed by atoms with Crippen molar-refractivity contribution >= 4 is 23.0 Å². The Morgan fingerprint density at radius 3 is 2.50 bits per heavy atom. The quantitative estimate of drug-likeness (QED) is 0.829. The topological polar surface area (TPSA) is 66.8 Å². The first-order valence-electron chi connectivity index (χ1n) is 6.00. The molecule has 6 heteroatoms. The van der Waals surface area contributed by atoms with E-state index >= 15 is 0 Å². The molecule has 1 heterocycles. The maximum atomic E-state index is 12.0. The number of aliphatic hydroxyl groups is 1. The maximum Gasteiger partial charge on any atom is 0.410 e. The molecule has 1 aliphatic rings. The van der Waals surface area contributed by atoms with Crippen LogP contribution in [-0.2, 0) is 9.53 Å². The lowest BCUT2D eigenvalue weighted by Crippen LogP contribution is -2.41. The average molecular weight is 275 g/mol. The Balaban J connectivity index is 2.64. The van der Waals surface area contributed by atoms with Gasteiger partial charge in [-0.1, -0.05) is 11.8 Å². The highest BCUT2D eigenvalue weighted by Crippen LogP contribution is 2.29. The number of nitrogens with zero attached hydrogens (tertiary/aromatic N) is 1. The molecule has 104 valence electrons. The number of rotatable bonds is 2. The number of carbonyl (C=O) groups is 2. The van der Waals surface area contributed by atoms with Crippen LogP contribution in [0.5, 0.6) is 0 Å². The van der Waals surface area contributed by atoms with E-state index in [1.54, 1.807) is 20.8 Å². The molecule has 1 rings (SSSR count). The SMILES string of the molecule is CC(=O)S[C@@H]1C[C@H](CO)N(C(=O)OC(C)(C)C)C1. The van der Waals surface area contributed by atoms with Gasteiger partial charge < -0.3 is 14.7 Å². The van der Waals surface area contributed by atoms with E-state index < -0.39 is 11.7 Å². The van der Waals surface area contributed by atoms with Crippen LogP contribution in [0, 0.1) is 0 Å². The van der Waals surface area contributed by atoms with Crippen molar-refractivity contribution in [3.63, 3.8) is 0 Å². The first-order valence-corrected chi connectivity index (χ1v) is 6.88. The molecule has 0 aromatic rings. The van der Waals surface area contributed by atoms with E-state index in [-0.39, 0.29) is 23.0 Å². The number of aliphatic hydroxyl groups excluding tert-OH is 1. The summed E-state index contributed by atoms with van der Waals surface area (Å²) in [6.07, 6.45) is 0.202. The zero-order valence-electron chi connectivity index (χ0n) is 11.3. The summed E-state index contributed by atoms with van der Waals surface area (Å²) < 4.78 is 5.29. The van der Waals surface area contributed by atoms with Gasteiger partial charge in [-0.3, -0.25) is 4.79 Å². The van der Waals surface area contributed by atoms with Gasteiger partial charge in [-0.15, -0.1) is 0 Å². The third-order valence-electron chi connectivity index (χ3n) is 2.55. The normalized spacial score (nSPS) is 24.2. The highest BCUT2D eigenvalue weighted by atomic mass is 32.2. The molecule has 0 aromatic heterocycles. The standard InChI is InChI=1S/C12H21NO4S/c1-8(15)18-10-5-9(7-14)13(6-10)11(16)17-12(2,3)4/h9-10,14H,5-7H2,1-4H3/t9-,10-/m1/s1. The zero-order chi connectivity index (χ0) is 13.9. The van der Waals surface area contributed by atoms with Crippen molar-refractivity contribution < 1.29 is 19.4 Å². The lowest BCUT2D eigenvalue weighted by atomic mass is 10.2. The molecule has 5 nitrogen and oxygen atoms in total. The van der Waals surface area contributed by atoms with Crippen LogP contribution >= 0.6 is 11.8 Å². The third-order valence-corrected chi connectivity index (χ3v) is 3.55. The average Bonchev–Trinajstić information content (AvgIpc) is 2.57. The fourth-order valence-electron chi connectivity index (χ4n) is 1.91. The van der Waals surface area contributed by atoms with E-state index in [4.69, 9.17) is 4.74 Å². The molecule has 1 aliphatic heterocycles. The molecule has 1 saturated heterocycles. The fraction of sp³-hybridized carbons (Fsp3) is 0.833. The van der Waals surface area contributed by atoms with E-state index in [0.717, 1.165) is 0 Å².